The van der Waals surface area contributed by atoms with E-state index in [2.05, 4.69) is 0 Å². The van der Waals surface area contributed by atoms with E-state index in [1.165, 1.54) is 18.2 Å². The molecule has 4 N–H and O–H groups in total. The Morgan fingerprint density at radius 3 is 1.85 bits per heavy atom. The van der Waals surface area contributed by atoms with Crippen molar-refractivity contribution in [1.29, 1.82) is 0 Å². The fourth-order valence-electron chi connectivity index (χ4n) is 1.82. The SMILES string of the molecule is C.O=P(O)(O)N(c1cccc2ccccc12)P(=O)(O)O. The largest absolute Gasteiger partial charge is 0.439 e. The first kappa shape index (κ1) is 16.9. The van der Waals surface area contributed by atoms with Crippen LogP contribution < -0.4 is 4.44 Å². The molecular formula is C11H15NO6P2. The van der Waals surface area contributed by atoms with Crippen molar-refractivity contribution in [2.45, 2.75) is 7.43 Å². The molecule has 0 atom stereocenters. The molecule has 0 spiro atoms. The zero-order chi connectivity index (χ0) is 14.3. The average molecular weight is 319 g/mol. The van der Waals surface area contributed by atoms with Crippen molar-refractivity contribution in [3.63, 3.8) is 0 Å². The van der Waals surface area contributed by atoms with Crippen LogP contribution in [-0.4, -0.2) is 19.6 Å². The lowest BCUT2D eigenvalue weighted by Crippen LogP contribution is -2.15. The van der Waals surface area contributed by atoms with Gasteiger partial charge >= 0.3 is 15.5 Å². The molecule has 0 aromatic heterocycles. The van der Waals surface area contributed by atoms with Crippen LogP contribution >= 0.6 is 15.5 Å². The third-order valence-electron chi connectivity index (χ3n) is 2.48. The molecule has 0 radical (unpaired) electrons. The van der Waals surface area contributed by atoms with Crippen molar-refractivity contribution in [2.75, 3.05) is 4.44 Å². The minimum Gasteiger partial charge on any atom is -0.308 e. The third kappa shape index (κ3) is 3.27. The van der Waals surface area contributed by atoms with Gasteiger partial charge in [0.05, 0.1) is 5.69 Å². The lowest BCUT2D eigenvalue weighted by Gasteiger charge is -2.26. The summed E-state index contributed by atoms with van der Waals surface area (Å²) in [7, 11) is -10.3. The van der Waals surface area contributed by atoms with Crippen LogP contribution in [0.3, 0.4) is 0 Å². The minimum atomic E-state index is -5.15. The maximum absolute atomic E-state index is 11.4. The van der Waals surface area contributed by atoms with Gasteiger partial charge in [0.1, 0.15) is 0 Å². The summed E-state index contributed by atoms with van der Waals surface area (Å²) in [6, 6.07) is 10.9. The lowest BCUT2D eigenvalue weighted by atomic mass is 10.1. The molecule has 2 aromatic rings. The fourth-order valence-corrected chi connectivity index (χ4v) is 3.94. The van der Waals surface area contributed by atoms with Crippen LogP contribution in [0.2, 0.25) is 0 Å². The summed E-state index contributed by atoms with van der Waals surface area (Å²) >= 11 is 0. The van der Waals surface area contributed by atoms with Gasteiger partial charge in [-0.1, -0.05) is 43.8 Å². The molecule has 0 aliphatic rings. The van der Waals surface area contributed by atoms with E-state index in [0.717, 1.165) is 0 Å². The molecule has 20 heavy (non-hydrogen) atoms. The molecule has 2 rings (SSSR count). The van der Waals surface area contributed by atoms with Crippen LogP contribution in [0.1, 0.15) is 7.43 Å². The van der Waals surface area contributed by atoms with Crippen molar-refractivity contribution in [2.24, 2.45) is 0 Å². The molecule has 0 unspecified atom stereocenters. The molecule has 0 heterocycles. The summed E-state index contributed by atoms with van der Waals surface area (Å²) in [5.41, 5.74) is -0.209. The maximum Gasteiger partial charge on any atom is 0.439 e. The van der Waals surface area contributed by atoms with Gasteiger partial charge < -0.3 is 19.6 Å². The smallest absolute Gasteiger partial charge is 0.308 e. The first-order valence-corrected chi connectivity index (χ1v) is 8.24. The molecule has 0 saturated heterocycles. The monoisotopic (exact) mass is 319 g/mol. The Morgan fingerprint density at radius 1 is 0.800 bits per heavy atom. The molecule has 0 fully saturated rings. The predicted octanol–water partition coefficient (Wildman–Crippen LogP) is 2.47. The summed E-state index contributed by atoms with van der Waals surface area (Å²) in [6.07, 6.45) is 0. The summed E-state index contributed by atoms with van der Waals surface area (Å²) in [6.45, 7) is 0. The first-order valence-electron chi connectivity index (χ1n) is 5.11. The second kappa shape index (κ2) is 5.66. The second-order valence-corrected chi connectivity index (χ2v) is 6.98. The Labute approximate surface area is 115 Å². The highest BCUT2D eigenvalue weighted by molar-refractivity contribution is 7.72. The quantitative estimate of drug-likeness (QED) is 0.642. The van der Waals surface area contributed by atoms with E-state index in [0.29, 0.717) is 10.8 Å². The van der Waals surface area contributed by atoms with E-state index in [1.807, 2.05) is 0 Å². The van der Waals surface area contributed by atoms with E-state index in [9.17, 15) is 28.7 Å². The number of benzene rings is 2. The molecule has 0 bridgehead atoms. The molecule has 2 aromatic carbocycles. The Balaban J connectivity index is 0.00000200. The van der Waals surface area contributed by atoms with E-state index in [4.69, 9.17) is 0 Å². The van der Waals surface area contributed by atoms with E-state index >= 15 is 0 Å². The normalized spacial score (nSPS) is 12.0. The van der Waals surface area contributed by atoms with Crippen LogP contribution in [0, 0.1) is 0 Å². The summed E-state index contributed by atoms with van der Waals surface area (Å²) < 4.78 is 22.6. The zero-order valence-corrected chi connectivity index (χ0v) is 11.3. The van der Waals surface area contributed by atoms with Crippen molar-refractivity contribution >= 4 is 32.0 Å². The van der Waals surface area contributed by atoms with Gasteiger partial charge in [-0.3, -0.25) is 0 Å². The molecule has 9 heteroatoms. The van der Waals surface area contributed by atoms with Gasteiger partial charge in [-0.15, -0.1) is 0 Å². The Hall–Kier alpha value is -1.20. The predicted molar refractivity (Wildman–Crippen MR) is 77.2 cm³/mol. The van der Waals surface area contributed by atoms with Crippen molar-refractivity contribution < 1.29 is 28.7 Å². The van der Waals surface area contributed by atoms with Crippen LogP contribution in [0.5, 0.6) is 0 Å². The van der Waals surface area contributed by atoms with Crippen LogP contribution in [0.4, 0.5) is 5.69 Å². The molecule has 0 aliphatic carbocycles. The van der Waals surface area contributed by atoms with Crippen LogP contribution in [-0.2, 0) is 9.13 Å². The Morgan fingerprint density at radius 2 is 1.30 bits per heavy atom. The lowest BCUT2D eigenvalue weighted by molar-refractivity contribution is 0.350. The van der Waals surface area contributed by atoms with Crippen LogP contribution in [0.25, 0.3) is 10.8 Å². The van der Waals surface area contributed by atoms with E-state index in [-0.39, 0.29) is 17.6 Å². The Kier molecular flexibility index (Phi) is 4.77. The van der Waals surface area contributed by atoms with E-state index in [1.54, 1.807) is 24.3 Å². The van der Waals surface area contributed by atoms with Gasteiger partial charge in [0.25, 0.3) is 0 Å². The summed E-state index contributed by atoms with van der Waals surface area (Å²) in [4.78, 5) is 36.7. The minimum absolute atomic E-state index is 0. The summed E-state index contributed by atoms with van der Waals surface area (Å²) in [5, 5.41) is 0.962. The first-order chi connectivity index (χ1) is 8.71. The highest BCUT2D eigenvalue weighted by atomic mass is 31.3. The van der Waals surface area contributed by atoms with Gasteiger partial charge in [0, 0.05) is 5.39 Å². The number of nitrogens with zero attached hydrogens (tertiary/aromatic N) is 1. The number of fused-ring (bicyclic) bond motifs is 1. The molecular weight excluding hydrogens is 304 g/mol. The van der Waals surface area contributed by atoms with Gasteiger partial charge in [-0.2, -0.15) is 4.44 Å². The van der Waals surface area contributed by atoms with Crippen LogP contribution in [0.15, 0.2) is 42.5 Å². The number of rotatable bonds is 3. The fraction of sp³-hybridized carbons (Fsp3) is 0.0909. The van der Waals surface area contributed by atoms with Gasteiger partial charge in [-0.05, 0) is 11.5 Å². The second-order valence-electron chi connectivity index (χ2n) is 3.81. The summed E-state index contributed by atoms with van der Waals surface area (Å²) in [5.74, 6) is 0. The van der Waals surface area contributed by atoms with Crippen molar-refractivity contribution in [3.05, 3.63) is 42.5 Å². The van der Waals surface area contributed by atoms with E-state index < -0.39 is 15.5 Å². The zero-order valence-electron chi connectivity index (χ0n) is 9.49. The average Bonchev–Trinajstić information content (AvgIpc) is 2.25. The third-order valence-corrected chi connectivity index (χ3v) is 5.29. The highest BCUT2D eigenvalue weighted by Gasteiger charge is 2.40. The van der Waals surface area contributed by atoms with Gasteiger partial charge in [-0.25, -0.2) is 9.13 Å². The van der Waals surface area contributed by atoms with Gasteiger partial charge in [0.2, 0.25) is 0 Å². The van der Waals surface area contributed by atoms with Gasteiger partial charge in [0.15, 0.2) is 0 Å². The molecule has 110 valence electrons. The topological polar surface area (TPSA) is 118 Å². The maximum atomic E-state index is 11.4. The van der Waals surface area contributed by atoms with Crippen molar-refractivity contribution in [1.82, 2.24) is 0 Å². The Bertz CT molecular complexity index is 680. The van der Waals surface area contributed by atoms with Crippen molar-refractivity contribution in [3.8, 4) is 0 Å². The molecule has 0 aliphatic heterocycles. The highest BCUT2D eigenvalue weighted by Crippen LogP contribution is 2.61. The molecule has 7 nitrogen and oxygen atoms in total. The molecule has 0 amide bonds. The number of anilines is 1. The standard InChI is InChI=1S/C10H11NO6P2.CH4/c12-18(13,14)11(19(15,16)17)10-7-3-5-8-4-1-2-6-9(8)10;/h1-7H,(H2,12,13,14)(H2,15,16,17);1H4. The molecule has 0 saturated carbocycles. The number of hydrogen-bond donors (Lipinski definition) is 4. The number of hydrogen-bond acceptors (Lipinski definition) is 2.